The zero-order valence-electron chi connectivity index (χ0n) is 14.2. The Balaban J connectivity index is 1.46. The van der Waals surface area contributed by atoms with Crippen LogP contribution in [0.1, 0.15) is 37.7 Å². The van der Waals surface area contributed by atoms with E-state index in [9.17, 15) is 9.59 Å². The van der Waals surface area contributed by atoms with Crippen molar-refractivity contribution in [1.82, 2.24) is 10.2 Å². The monoisotopic (exact) mass is 362 g/mol. The zero-order chi connectivity index (χ0) is 17.5. The molecule has 5 nitrogen and oxygen atoms in total. The highest BCUT2D eigenvalue weighted by Crippen LogP contribution is 2.46. The van der Waals surface area contributed by atoms with Crippen LogP contribution in [0.5, 0.6) is 0 Å². The lowest BCUT2D eigenvalue weighted by molar-refractivity contribution is -0.158. The molecule has 2 amide bonds. The quantitative estimate of drug-likeness (QED) is 0.878. The molecule has 0 radical (unpaired) electrons. The third-order valence-corrected chi connectivity index (χ3v) is 6.34. The lowest BCUT2D eigenvalue weighted by atomic mass is 9.63. The van der Waals surface area contributed by atoms with Gasteiger partial charge in [-0.3, -0.25) is 9.59 Å². The van der Waals surface area contributed by atoms with Crippen LogP contribution in [0.25, 0.3) is 0 Å². The molecule has 1 aromatic carbocycles. The van der Waals surface area contributed by atoms with Gasteiger partial charge in [0.25, 0.3) is 0 Å². The fourth-order valence-corrected chi connectivity index (χ4v) is 4.37. The maximum absolute atomic E-state index is 13.3. The van der Waals surface area contributed by atoms with E-state index < -0.39 is 0 Å². The summed E-state index contributed by atoms with van der Waals surface area (Å²) in [6.07, 6.45) is 4.44. The molecule has 2 heterocycles. The van der Waals surface area contributed by atoms with Crippen LogP contribution < -0.4 is 5.32 Å². The second-order valence-corrected chi connectivity index (χ2v) is 7.92. The van der Waals surface area contributed by atoms with E-state index in [-0.39, 0.29) is 29.4 Å². The van der Waals surface area contributed by atoms with E-state index in [1.807, 2.05) is 29.2 Å². The molecule has 0 bridgehead atoms. The largest absolute Gasteiger partial charge is 0.363 e. The van der Waals surface area contributed by atoms with Gasteiger partial charge in [-0.05, 0) is 43.4 Å². The van der Waals surface area contributed by atoms with E-state index in [0.29, 0.717) is 24.7 Å². The number of likely N-dealkylation sites (tertiary alicyclic amines) is 1. The first-order valence-corrected chi connectivity index (χ1v) is 9.37. The first kappa shape index (κ1) is 16.9. The molecule has 1 aliphatic carbocycles. The first-order valence-electron chi connectivity index (χ1n) is 8.99. The van der Waals surface area contributed by atoms with Crippen molar-refractivity contribution in [2.24, 2.45) is 0 Å². The van der Waals surface area contributed by atoms with Crippen LogP contribution in [0.4, 0.5) is 0 Å². The molecule has 25 heavy (non-hydrogen) atoms. The second-order valence-electron chi connectivity index (χ2n) is 7.48. The molecule has 0 atom stereocenters. The number of hydrogen-bond acceptors (Lipinski definition) is 3. The Morgan fingerprint density at radius 1 is 1.12 bits per heavy atom. The summed E-state index contributed by atoms with van der Waals surface area (Å²) in [5.41, 5.74) is 0.406. The van der Waals surface area contributed by atoms with E-state index in [1.54, 1.807) is 0 Å². The van der Waals surface area contributed by atoms with Gasteiger partial charge in [-0.15, -0.1) is 0 Å². The summed E-state index contributed by atoms with van der Waals surface area (Å²) in [5.74, 6) is 0.177. The minimum Gasteiger partial charge on any atom is -0.363 e. The van der Waals surface area contributed by atoms with Gasteiger partial charge in [0.1, 0.15) is 6.61 Å². The molecule has 2 saturated heterocycles. The van der Waals surface area contributed by atoms with Gasteiger partial charge < -0.3 is 15.0 Å². The molecule has 0 aromatic heterocycles. The van der Waals surface area contributed by atoms with Gasteiger partial charge in [0.05, 0.1) is 11.0 Å². The van der Waals surface area contributed by atoms with Crippen LogP contribution in [0.3, 0.4) is 0 Å². The number of nitrogens with zero attached hydrogens (tertiary/aromatic N) is 1. The molecule has 1 aromatic rings. The van der Waals surface area contributed by atoms with Gasteiger partial charge in [0.15, 0.2) is 0 Å². The zero-order valence-corrected chi connectivity index (χ0v) is 15.0. The summed E-state index contributed by atoms with van der Waals surface area (Å²) in [6, 6.07) is 7.72. The van der Waals surface area contributed by atoms with Crippen molar-refractivity contribution in [2.45, 2.75) is 43.1 Å². The van der Waals surface area contributed by atoms with Crippen molar-refractivity contribution in [3.8, 4) is 0 Å². The molecule has 2 aliphatic heterocycles. The van der Waals surface area contributed by atoms with Crippen molar-refractivity contribution >= 4 is 23.4 Å². The summed E-state index contributed by atoms with van der Waals surface area (Å²) in [7, 11) is 0. The summed E-state index contributed by atoms with van der Waals surface area (Å²) in [6.45, 7) is 2.05. The summed E-state index contributed by atoms with van der Waals surface area (Å²) < 4.78 is 5.81. The number of amides is 2. The Morgan fingerprint density at radius 2 is 1.80 bits per heavy atom. The van der Waals surface area contributed by atoms with Crippen molar-refractivity contribution in [2.75, 3.05) is 26.2 Å². The van der Waals surface area contributed by atoms with Crippen LogP contribution in [-0.2, 0) is 19.7 Å². The number of rotatable bonds is 2. The minimum atomic E-state index is -0.378. The molecule has 1 N–H and O–H groups in total. The molecule has 6 heteroatoms. The fraction of sp³-hybridized carbons (Fsp3) is 0.579. The van der Waals surface area contributed by atoms with Gasteiger partial charge in [-0.2, -0.15) is 0 Å². The molecular formula is C19H23ClN2O3. The van der Waals surface area contributed by atoms with Crippen molar-refractivity contribution < 1.29 is 14.3 Å². The maximum atomic E-state index is 13.3. The molecule has 4 rings (SSSR count). The number of piperidine rings is 1. The van der Waals surface area contributed by atoms with Crippen LogP contribution >= 0.6 is 11.6 Å². The molecule has 3 aliphatic rings. The molecular weight excluding hydrogens is 340 g/mol. The van der Waals surface area contributed by atoms with Gasteiger partial charge in [0.2, 0.25) is 11.8 Å². The Labute approximate surface area is 152 Å². The number of ether oxygens (including phenoxy) is 1. The summed E-state index contributed by atoms with van der Waals surface area (Å²) in [5, 5.41) is 3.59. The van der Waals surface area contributed by atoms with Crippen LogP contribution in [0.15, 0.2) is 24.3 Å². The SMILES string of the molecule is O=C1COC2(CCN(C(=O)C3(c4ccc(Cl)cc4)CCC3)CC2)CN1. The number of carbonyl (C=O) groups is 2. The van der Waals surface area contributed by atoms with Gasteiger partial charge >= 0.3 is 0 Å². The Bertz CT molecular complexity index is 664. The highest BCUT2D eigenvalue weighted by molar-refractivity contribution is 6.30. The normalized spacial score (nSPS) is 24.5. The predicted octanol–water partition coefficient (Wildman–Crippen LogP) is 2.27. The number of halogens is 1. The first-order chi connectivity index (χ1) is 12.0. The van der Waals surface area contributed by atoms with E-state index in [0.717, 1.165) is 37.7 Å². The number of nitrogens with one attached hydrogen (secondary N) is 1. The second kappa shape index (κ2) is 6.29. The van der Waals surface area contributed by atoms with Crippen molar-refractivity contribution in [1.29, 1.82) is 0 Å². The fourth-order valence-electron chi connectivity index (χ4n) is 4.25. The Hall–Kier alpha value is -1.59. The maximum Gasteiger partial charge on any atom is 0.246 e. The van der Waals surface area contributed by atoms with Gasteiger partial charge in [-0.25, -0.2) is 0 Å². The van der Waals surface area contributed by atoms with Crippen molar-refractivity contribution in [3.05, 3.63) is 34.9 Å². The highest BCUT2D eigenvalue weighted by Gasteiger charge is 2.49. The van der Waals surface area contributed by atoms with Crippen molar-refractivity contribution in [3.63, 3.8) is 0 Å². The number of hydrogen-bond donors (Lipinski definition) is 1. The topological polar surface area (TPSA) is 58.6 Å². The van der Waals surface area contributed by atoms with Crippen LogP contribution in [0.2, 0.25) is 5.02 Å². The third-order valence-electron chi connectivity index (χ3n) is 6.09. The summed E-state index contributed by atoms with van der Waals surface area (Å²) in [4.78, 5) is 26.6. The van der Waals surface area contributed by atoms with Gasteiger partial charge in [0, 0.05) is 24.7 Å². The average molecular weight is 363 g/mol. The van der Waals surface area contributed by atoms with E-state index in [1.165, 1.54) is 0 Å². The lowest BCUT2D eigenvalue weighted by Gasteiger charge is -2.48. The predicted molar refractivity (Wildman–Crippen MR) is 94.5 cm³/mol. The molecule has 0 unspecified atom stereocenters. The standard InChI is InChI=1S/C19H23ClN2O3/c20-15-4-2-14(3-5-15)19(6-1-7-19)17(24)22-10-8-18(9-11-22)13-21-16(23)12-25-18/h2-5H,1,6-13H2,(H,21,23). The Kier molecular flexibility index (Phi) is 4.24. The average Bonchev–Trinajstić information content (AvgIpc) is 2.59. The highest BCUT2D eigenvalue weighted by atomic mass is 35.5. The lowest BCUT2D eigenvalue weighted by Crippen LogP contribution is -2.60. The van der Waals surface area contributed by atoms with E-state index >= 15 is 0 Å². The number of morpholine rings is 1. The van der Waals surface area contributed by atoms with Gasteiger partial charge in [-0.1, -0.05) is 30.2 Å². The smallest absolute Gasteiger partial charge is 0.246 e. The molecule has 1 spiro atoms. The number of benzene rings is 1. The minimum absolute atomic E-state index is 0.0553. The molecule has 134 valence electrons. The number of carbonyl (C=O) groups excluding carboxylic acids is 2. The summed E-state index contributed by atoms with van der Waals surface area (Å²) >= 11 is 6.00. The molecule has 1 saturated carbocycles. The van der Waals surface area contributed by atoms with Crippen LogP contribution in [-0.4, -0.2) is 48.6 Å². The third kappa shape index (κ3) is 2.93. The van der Waals surface area contributed by atoms with E-state index in [2.05, 4.69) is 5.32 Å². The van der Waals surface area contributed by atoms with E-state index in [4.69, 9.17) is 16.3 Å². The molecule has 3 fully saturated rings. The Morgan fingerprint density at radius 3 is 2.32 bits per heavy atom. The van der Waals surface area contributed by atoms with Crippen LogP contribution in [0, 0.1) is 0 Å².